The Hall–Kier alpha value is -4.30. The van der Waals surface area contributed by atoms with Gasteiger partial charge in [0.05, 0.1) is 21.7 Å². The van der Waals surface area contributed by atoms with E-state index in [4.69, 9.17) is 22.3 Å². The molecule has 6 rings (SSSR count). The Bertz CT molecular complexity index is 1720. The summed E-state index contributed by atoms with van der Waals surface area (Å²) in [6.45, 7) is 3.86. The van der Waals surface area contributed by atoms with Crippen molar-refractivity contribution in [1.82, 2.24) is 34.7 Å². The molecule has 34 heavy (non-hydrogen) atoms. The highest BCUT2D eigenvalue weighted by Gasteiger charge is 2.19. The predicted molar refractivity (Wildman–Crippen MR) is 134 cm³/mol. The summed E-state index contributed by atoms with van der Waals surface area (Å²) >= 11 is 6.45. The number of nitrogens with one attached hydrogen (secondary N) is 1. The monoisotopic (exact) mass is 466 g/mol. The molecular formula is C25H19ClN8. The Balaban J connectivity index is 1.72. The van der Waals surface area contributed by atoms with Crippen molar-refractivity contribution >= 4 is 39.4 Å². The van der Waals surface area contributed by atoms with Gasteiger partial charge in [0, 0.05) is 23.3 Å². The van der Waals surface area contributed by atoms with Crippen molar-refractivity contribution in [1.29, 1.82) is 0 Å². The SMILES string of the molecule is Cc1nnc(-c2cc(-c3ccnc(N)c3)cc3c2nc(C)n3-c2ccnc3c(Cl)cccc23)[nH]1. The van der Waals surface area contributed by atoms with Gasteiger partial charge in [-0.25, -0.2) is 9.97 Å². The third-order valence-electron chi connectivity index (χ3n) is 5.84. The van der Waals surface area contributed by atoms with E-state index in [2.05, 4.69) is 41.8 Å². The first kappa shape index (κ1) is 20.3. The van der Waals surface area contributed by atoms with Gasteiger partial charge in [-0.3, -0.25) is 9.55 Å². The average molecular weight is 467 g/mol. The number of aryl methyl sites for hydroxylation is 2. The van der Waals surface area contributed by atoms with Crippen molar-refractivity contribution < 1.29 is 0 Å². The van der Waals surface area contributed by atoms with Crippen LogP contribution in [0.4, 0.5) is 5.82 Å². The fourth-order valence-corrected chi connectivity index (χ4v) is 4.58. The Morgan fingerprint density at radius 2 is 1.76 bits per heavy atom. The quantitative estimate of drug-likeness (QED) is 0.367. The van der Waals surface area contributed by atoms with Gasteiger partial charge in [0.25, 0.3) is 0 Å². The van der Waals surface area contributed by atoms with Gasteiger partial charge < -0.3 is 10.7 Å². The molecular weight excluding hydrogens is 448 g/mol. The lowest BCUT2D eigenvalue weighted by Gasteiger charge is -2.12. The van der Waals surface area contributed by atoms with Crippen LogP contribution >= 0.6 is 11.6 Å². The van der Waals surface area contributed by atoms with Gasteiger partial charge in [-0.05, 0) is 61.4 Å². The molecule has 0 atom stereocenters. The van der Waals surface area contributed by atoms with Crippen molar-refractivity contribution in [3.8, 4) is 28.2 Å². The summed E-state index contributed by atoms with van der Waals surface area (Å²) < 4.78 is 2.12. The second kappa shape index (κ2) is 7.64. The number of hydrogen-bond acceptors (Lipinski definition) is 6. The van der Waals surface area contributed by atoms with Crippen LogP contribution < -0.4 is 5.73 Å². The van der Waals surface area contributed by atoms with Crippen molar-refractivity contribution in [2.45, 2.75) is 13.8 Å². The van der Waals surface area contributed by atoms with Crippen molar-refractivity contribution in [2.75, 3.05) is 5.73 Å². The van der Waals surface area contributed by atoms with Gasteiger partial charge >= 0.3 is 0 Å². The molecule has 0 radical (unpaired) electrons. The summed E-state index contributed by atoms with van der Waals surface area (Å²) in [5, 5.41) is 10.0. The van der Waals surface area contributed by atoms with E-state index < -0.39 is 0 Å². The molecule has 6 aromatic rings. The van der Waals surface area contributed by atoms with Gasteiger partial charge in [-0.15, -0.1) is 10.2 Å². The molecule has 0 aliphatic carbocycles. The van der Waals surface area contributed by atoms with E-state index in [0.29, 0.717) is 16.7 Å². The highest BCUT2D eigenvalue weighted by molar-refractivity contribution is 6.35. The molecule has 2 aromatic carbocycles. The molecule has 0 unspecified atom stereocenters. The number of nitrogen functional groups attached to an aromatic ring is 1. The van der Waals surface area contributed by atoms with Crippen LogP contribution in [0.15, 0.2) is 60.9 Å². The number of hydrogen-bond donors (Lipinski definition) is 2. The van der Waals surface area contributed by atoms with Crippen LogP contribution in [0, 0.1) is 13.8 Å². The molecule has 0 bridgehead atoms. The van der Waals surface area contributed by atoms with Crippen LogP contribution in [-0.2, 0) is 0 Å². The smallest absolute Gasteiger partial charge is 0.163 e. The summed E-state index contributed by atoms with van der Waals surface area (Å²) in [5.41, 5.74) is 12.2. The summed E-state index contributed by atoms with van der Waals surface area (Å²) in [7, 11) is 0. The summed E-state index contributed by atoms with van der Waals surface area (Å²) in [5.74, 6) is 2.66. The van der Waals surface area contributed by atoms with Crippen molar-refractivity contribution in [3.63, 3.8) is 0 Å². The molecule has 0 amide bonds. The van der Waals surface area contributed by atoms with Crippen LogP contribution in [0.1, 0.15) is 11.6 Å². The van der Waals surface area contributed by atoms with Crippen LogP contribution in [0.3, 0.4) is 0 Å². The van der Waals surface area contributed by atoms with Crippen LogP contribution in [0.5, 0.6) is 0 Å². The number of anilines is 1. The number of H-pyrrole nitrogens is 1. The fraction of sp³-hybridized carbons (Fsp3) is 0.0800. The Morgan fingerprint density at radius 3 is 2.56 bits per heavy atom. The van der Waals surface area contributed by atoms with Gasteiger partial charge in [0.1, 0.15) is 23.0 Å². The normalized spacial score (nSPS) is 11.5. The number of aromatic nitrogens is 7. The second-order valence-electron chi connectivity index (χ2n) is 8.08. The lowest BCUT2D eigenvalue weighted by Crippen LogP contribution is -1.99. The maximum Gasteiger partial charge on any atom is 0.163 e. The van der Waals surface area contributed by atoms with Crippen molar-refractivity contribution in [3.05, 3.63) is 77.6 Å². The first-order valence-corrected chi connectivity index (χ1v) is 11.1. The number of benzene rings is 2. The molecule has 4 heterocycles. The van der Waals surface area contributed by atoms with E-state index in [1.807, 2.05) is 50.2 Å². The van der Waals surface area contributed by atoms with Gasteiger partial charge in [-0.1, -0.05) is 23.7 Å². The molecule has 4 aromatic heterocycles. The predicted octanol–water partition coefficient (Wildman–Crippen LogP) is 5.27. The number of rotatable bonds is 3. The zero-order valence-electron chi connectivity index (χ0n) is 18.4. The van der Waals surface area contributed by atoms with E-state index in [0.717, 1.165) is 56.0 Å². The maximum absolute atomic E-state index is 6.45. The van der Waals surface area contributed by atoms with E-state index in [-0.39, 0.29) is 0 Å². The van der Waals surface area contributed by atoms with E-state index in [9.17, 15) is 0 Å². The highest BCUT2D eigenvalue weighted by atomic mass is 35.5. The van der Waals surface area contributed by atoms with Gasteiger partial charge in [0.15, 0.2) is 5.82 Å². The zero-order chi connectivity index (χ0) is 23.4. The first-order valence-electron chi connectivity index (χ1n) is 10.7. The number of nitrogens with two attached hydrogens (primary N) is 1. The van der Waals surface area contributed by atoms with Crippen LogP contribution in [0.2, 0.25) is 5.02 Å². The standard InChI is InChI=1S/C25H19ClN8/c1-13-30-25(33-32-13)18-10-16(15-6-8-28-22(27)12-15)11-21-24(18)31-14(2)34(21)20-7-9-29-23-17(20)4-3-5-19(23)26/h3-12H,1-2H3,(H2,27,28)(H,30,32,33). The third-order valence-corrected chi connectivity index (χ3v) is 6.14. The zero-order valence-corrected chi connectivity index (χ0v) is 19.2. The van der Waals surface area contributed by atoms with Gasteiger partial charge in [-0.2, -0.15) is 0 Å². The molecule has 0 saturated carbocycles. The molecule has 0 aliphatic rings. The lowest BCUT2D eigenvalue weighted by atomic mass is 10.0. The highest BCUT2D eigenvalue weighted by Crippen LogP contribution is 2.36. The van der Waals surface area contributed by atoms with Gasteiger partial charge in [0.2, 0.25) is 0 Å². The van der Waals surface area contributed by atoms with Crippen molar-refractivity contribution in [2.24, 2.45) is 0 Å². The Kier molecular flexibility index (Phi) is 4.56. The summed E-state index contributed by atoms with van der Waals surface area (Å²) in [4.78, 5) is 16.8. The average Bonchev–Trinajstić information content (AvgIpc) is 3.40. The summed E-state index contributed by atoms with van der Waals surface area (Å²) in [6.07, 6.45) is 3.47. The fourth-order valence-electron chi connectivity index (χ4n) is 4.36. The molecule has 0 aliphatic heterocycles. The number of nitrogens with zero attached hydrogens (tertiary/aromatic N) is 6. The minimum atomic E-state index is 0.453. The number of pyridine rings is 2. The molecule has 9 heteroatoms. The van der Waals surface area contributed by atoms with E-state index >= 15 is 0 Å². The number of imidazole rings is 1. The molecule has 0 fully saturated rings. The third kappa shape index (κ3) is 3.19. The number of halogens is 1. The number of fused-ring (bicyclic) bond motifs is 2. The summed E-state index contributed by atoms with van der Waals surface area (Å²) in [6, 6.07) is 15.7. The Labute approximate surface area is 199 Å². The minimum Gasteiger partial charge on any atom is -0.384 e. The first-order chi connectivity index (χ1) is 16.5. The lowest BCUT2D eigenvalue weighted by molar-refractivity contribution is 1.01. The van der Waals surface area contributed by atoms with Crippen LogP contribution in [0.25, 0.3) is 50.1 Å². The molecule has 3 N–H and O–H groups in total. The number of aromatic amines is 1. The number of para-hydroxylation sites is 1. The van der Waals surface area contributed by atoms with E-state index in [1.165, 1.54) is 0 Å². The molecule has 166 valence electrons. The maximum atomic E-state index is 6.45. The largest absolute Gasteiger partial charge is 0.384 e. The van der Waals surface area contributed by atoms with Crippen LogP contribution in [-0.4, -0.2) is 34.7 Å². The topological polar surface area (TPSA) is 111 Å². The molecule has 8 nitrogen and oxygen atoms in total. The minimum absolute atomic E-state index is 0.453. The second-order valence-corrected chi connectivity index (χ2v) is 8.49. The molecule has 0 saturated heterocycles. The Morgan fingerprint density at radius 1 is 0.912 bits per heavy atom. The molecule has 0 spiro atoms. The van der Waals surface area contributed by atoms with E-state index in [1.54, 1.807) is 12.4 Å².